The summed E-state index contributed by atoms with van der Waals surface area (Å²) in [5, 5.41) is 7.40. The van der Waals surface area contributed by atoms with E-state index in [2.05, 4.69) is 76.5 Å². The summed E-state index contributed by atoms with van der Waals surface area (Å²) in [5.74, 6) is 1.82. The van der Waals surface area contributed by atoms with Crippen LogP contribution in [-0.2, 0) is 0 Å². The fraction of sp³-hybridized carbons (Fsp3) is 0.708. The molecule has 5 nitrogen and oxygen atoms in total. The summed E-state index contributed by atoms with van der Waals surface area (Å²) in [6, 6.07) is 11.0. The first-order valence-corrected chi connectivity index (χ1v) is 11.5. The molecule has 0 bridgehead atoms. The number of nitrogens with one attached hydrogen (secondary N) is 2. The van der Waals surface area contributed by atoms with Crippen LogP contribution in [0, 0.1) is 5.92 Å². The molecule has 2 unspecified atom stereocenters. The second-order valence-corrected chi connectivity index (χ2v) is 9.52. The van der Waals surface area contributed by atoms with Gasteiger partial charge in [0.1, 0.15) is 0 Å². The largest absolute Gasteiger partial charge is 0.354 e. The van der Waals surface area contributed by atoms with Gasteiger partial charge >= 0.3 is 0 Å². The molecule has 0 aliphatic carbocycles. The van der Waals surface area contributed by atoms with Crippen LogP contribution in [0.4, 0.5) is 0 Å². The number of nitrogens with zero attached hydrogens (tertiary/aromatic N) is 3. The van der Waals surface area contributed by atoms with Crippen LogP contribution in [0.15, 0.2) is 35.3 Å². The molecule has 6 heteroatoms. The lowest BCUT2D eigenvalue weighted by Gasteiger charge is -2.33. The summed E-state index contributed by atoms with van der Waals surface area (Å²) in [6.07, 6.45) is 5.45. The summed E-state index contributed by atoms with van der Waals surface area (Å²) in [4.78, 5) is 9.70. The Labute approximate surface area is 201 Å². The second kappa shape index (κ2) is 12.2. The van der Waals surface area contributed by atoms with E-state index in [4.69, 9.17) is 0 Å². The number of aliphatic imine (C=N–C) groups is 1. The van der Waals surface area contributed by atoms with Gasteiger partial charge in [-0.2, -0.15) is 0 Å². The van der Waals surface area contributed by atoms with Gasteiger partial charge in [0, 0.05) is 44.8 Å². The third-order valence-electron chi connectivity index (χ3n) is 6.36. The van der Waals surface area contributed by atoms with Crippen molar-refractivity contribution < 1.29 is 0 Å². The van der Waals surface area contributed by atoms with Gasteiger partial charge in [-0.15, -0.1) is 24.0 Å². The molecule has 30 heavy (non-hydrogen) atoms. The van der Waals surface area contributed by atoms with Gasteiger partial charge < -0.3 is 20.4 Å². The van der Waals surface area contributed by atoms with Gasteiger partial charge in [0.15, 0.2) is 5.96 Å². The molecule has 0 radical (unpaired) electrons. The predicted molar refractivity (Wildman–Crippen MR) is 139 cm³/mol. The van der Waals surface area contributed by atoms with Crippen molar-refractivity contribution in [1.82, 2.24) is 20.4 Å². The molecule has 170 valence electrons. The summed E-state index contributed by atoms with van der Waals surface area (Å²) in [5.41, 5.74) is 1.29. The van der Waals surface area contributed by atoms with E-state index < -0.39 is 0 Å². The Kier molecular flexibility index (Phi) is 10.4. The summed E-state index contributed by atoms with van der Waals surface area (Å²) in [6.45, 7) is 13.7. The molecular formula is C24H42IN5. The molecule has 2 aliphatic rings. The standard InChI is InChI=1S/C24H41N5.HI/c1-20(22-11-7-5-8-12-22)27-24(2,3)19-26-23(25-4)29-16-13-21(18-29)17-28-14-9-6-10-15-28;/h5,7-8,11-12,20-21,27H,6,9-10,13-19H2,1-4H3,(H,25,26);1H. The average molecular weight is 528 g/mol. The van der Waals surface area contributed by atoms with Gasteiger partial charge in [-0.3, -0.25) is 4.99 Å². The van der Waals surface area contributed by atoms with E-state index in [0.29, 0.717) is 6.04 Å². The molecule has 2 fully saturated rings. The van der Waals surface area contributed by atoms with Crippen molar-refractivity contribution in [2.45, 2.75) is 58.0 Å². The van der Waals surface area contributed by atoms with E-state index in [-0.39, 0.29) is 29.5 Å². The van der Waals surface area contributed by atoms with E-state index >= 15 is 0 Å². The fourth-order valence-electron chi connectivity index (χ4n) is 4.78. The molecule has 2 atom stereocenters. The SMILES string of the molecule is CN=C(NCC(C)(C)NC(C)c1ccccc1)N1CCC(CN2CCCCC2)C1.I. The van der Waals surface area contributed by atoms with Gasteiger partial charge in [0.25, 0.3) is 0 Å². The number of hydrogen-bond donors (Lipinski definition) is 2. The molecule has 1 aromatic carbocycles. The molecule has 0 saturated carbocycles. The van der Waals surface area contributed by atoms with E-state index in [1.54, 1.807) is 0 Å². The van der Waals surface area contributed by atoms with Crippen LogP contribution in [0.3, 0.4) is 0 Å². The quantitative estimate of drug-likeness (QED) is 0.318. The smallest absolute Gasteiger partial charge is 0.193 e. The summed E-state index contributed by atoms with van der Waals surface area (Å²) < 4.78 is 0. The zero-order valence-electron chi connectivity index (χ0n) is 19.4. The molecule has 2 saturated heterocycles. The highest BCUT2D eigenvalue weighted by molar-refractivity contribution is 14.0. The van der Waals surface area contributed by atoms with Crippen LogP contribution in [-0.4, -0.2) is 67.6 Å². The van der Waals surface area contributed by atoms with Gasteiger partial charge in [-0.05, 0) is 64.6 Å². The van der Waals surface area contributed by atoms with Gasteiger partial charge in [0.05, 0.1) is 0 Å². The molecule has 2 heterocycles. The second-order valence-electron chi connectivity index (χ2n) is 9.52. The summed E-state index contributed by atoms with van der Waals surface area (Å²) in [7, 11) is 1.91. The number of halogens is 1. The van der Waals surface area contributed by atoms with Crippen molar-refractivity contribution >= 4 is 29.9 Å². The molecule has 2 N–H and O–H groups in total. The van der Waals surface area contributed by atoms with Crippen molar-refractivity contribution in [3.63, 3.8) is 0 Å². The van der Waals surface area contributed by atoms with Crippen LogP contribution in [0.1, 0.15) is 58.1 Å². The first-order valence-electron chi connectivity index (χ1n) is 11.5. The normalized spacial score (nSPS) is 21.9. The molecular weight excluding hydrogens is 485 g/mol. The van der Waals surface area contributed by atoms with Crippen molar-refractivity contribution in [2.75, 3.05) is 46.3 Å². The highest BCUT2D eigenvalue weighted by Crippen LogP contribution is 2.20. The molecule has 2 aliphatic heterocycles. The predicted octanol–water partition coefficient (Wildman–Crippen LogP) is 4.12. The van der Waals surface area contributed by atoms with E-state index in [9.17, 15) is 0 Å². The minimum Gasteiger partial charge on any atom is -0.354 e. The zero-order valence-corrected chi connectivity index (χ0v) is 21.7. The number of hydrogen-bond acceptors (Lipinski definition) is 3. The Bertz CT molecular complexity index is 642. The minimum atomic E-state index is -0.0296. The minimum absolute atomic E-state index is 0. The molecule has 0 aromatic heterocycles. The number of likely N-dealkylation sites (tertiary alicyclic amines) is 2. The third kappa shape index (κ3) is 7.68. The number of piperidine rings is 1. The zero-order chi connectivity index (χ0) is 20.7. The highest BCUT2D eigenvalue weighted by Gasteiger charge is 2.28. The van der Waals surface area contributed by atoms with Gasteiger partial charge in [0.2, 0.25) is 0 Å². The number of guanidine groups is 1. The highest BCUT2D eigenvalue weighted by atomic mass is 127. The molecule has 3 rings (SSSR count). The molecule has 1 aromatic rings. The Morgan fingerprint density at radius 1 is 1.13 bits per heavy atom. The average Bonchev–Trinajstić information content (AvgIpc) is 3.17. The van der Waals surface area contributed by atoms with Crippen molar-refractivity contribution in [3.05, 3.63) is 35.9 Å². The maximum absolute atomic E-state index is 4.58. The molecule has 0 amide bonds. The van der Waals surface area contributed by atoms with Gasteiger partial charge in [-0.25, -0.2) is 0 Å². The van der Waals surface area contributed by atoms with E-state index in [0.717, 1.165) is 31.5 Å². The summed E-state index contributed by atoms with van der Waals surface area (Å²) >= 11 is 0. The van der Waals surface area contributed by atoms with Crippen LogP contribution in [0.5, 0.6) is 0 Å². The number of benzene rings is 1. The van der Waals surface area contributed by atoms with Crippen LogP contribution < -0.4 is 10.6 Å². The van der Waals surface area contributed by atoms with Crippen LogP contribution >= 0.6 is 24.0 Å². The van der Waals surface area contributed by atoms with Crippen molar-refractivity contribution in [1.29, 1.82) is 0 Å². The monoisotopic (exact) mass is 527 g/mol. The number of rotatable bonds is 7. The Balaban J connectivity index is 0.00000320. The molecule has 0 spiro atoms. The van der Waals surface area contributed by atoms with Crippen LogP contribution in [0.25, 0.3) is 0 Å². The van der Waals surface area contributed by atoms with Crippen LogP contribution in [0.2, 0.25) is 0 Å². The third-order valence-corrected chi connectivity index (χ3v) is 6.36. The maximum atomic E-state index is 4.58. The van der Waals surface area contributed by atoms with E-state index in [1.807, 2.05) is 7.05 Å². The lowest BCUT2D eigenvalue weighted by molar-refractivity contribution is 0.198. The Hall–Kier alpha value is -0.860. The Morgan fingerprint density at radius 2 is 1.83 bits per heavy atom. The maximum Gasteiger partial charge on any atom is 0.193 e. The first-order chi connectivity index (χ1) is 14.0. The topological polar surface area (TPSA) is 42.9 Å². The fourth-order valence-corrected chi connectivity index (χ4v) is 4.78. The van der Waals surface area contributed by atoms with Gasteiger partial charge in [-0.1, -0.05) is 36.8 Å². The van der Waals surface area contributed by atoms with E-state index in [1.165, 1.54) is 50.9 Å². The first kappa shape index (κ1) is 25.4. The lowest BCUT2D eigenvalue weighted by atomic mass is 10.0. The Morgan fingerprint density at radius 3 is 2.50 bits per heavy atom. The van der Waals surface area contributed by atoms with Crippen molar-refractivity contribution in [3.8, 4) is 0 Å². The van der Waals surface area contributed by atoms with Crippen molar-refractivity contribution in [2.24, 2.45) is 10.9 Å². The lowest BCUT2D eigenvalue weighted by Crippen LogP contribution is -2.52.